The molecule has 3 aromatic heterocycles. The maximum absolute atomic E-state index is 16.5. The molecule has 236 valence electrons. The Kier molecular flexibility index (Phi) is 6.70. The highest BCUT2D eigenvalue weighted by Gasteiger charge is 2.39. The molecule has 1 unspecified atom stereocenters. The molecule has 49 heavy (non-hydrogen) atoms. The highest BCUT2D eigenvalue weighted by atomic mass is 19.1. The number of halogens is 1. The molecule has 1 aliphatic rings. The first-order valence-corrected chi connectivity index (χ1v) is 16.6. The summed E-state index contributed by atoms with van der Waals surface area (Å²) in [6.45, 7) is 4.57. The molecule has 4 heterocycles. The lowest BCUT2D eigenvalue weighted by molar-refractivity contribution is 0.402. The van der Waals surface area contributed by atoms with Crippen LogP contribution in [0.1, 0.15) is 42.3 Å². The van der Waals surface area contributed by atoms with Gasteiger partial charge in [-0.05, 0) is 71.3 Å². The van der Waals surface area contributed by atoms with Crippen molar-refractivity contribution in [3.8, 4) is 16.9 Å². The maximum Gasteiger partial charge on any atom is 0.150 e. The number of fused-ring (bicyclic) bond motifs is 6. The van der Waals surface area contributed by atoms with E-state index in [0.717, 1.165) is 61.5 Å². The molecule has 0 radical (unpaired) electrons. The monoisotopic (exact) mass is 636 g/mol. The van der Waals surface area contributed by atoms with E-state index in [1.54, 1.807) is 6.20 Å². The lowest BCUT2D eigenvalue weighted by atomic mass is 9.73. The summed E-state index contributed by atoms with van der Waals surface area (Å²) in [4.78, 5) is 12.1. The van der Waals surface area contributed by atoms with E-state index in [9.17, 15) is 0 Å². The SMILES string of the molecule is CC1(C)c2ccccc2N(c2ccccc2)c2c1cnc1c2c2ccccc2n1-c1cccc(C(F)c2cccc(-c3ccccn3)c2)c1. The van der Waals surface area contributed by atoms with Crippen LogP contribution in [-0.2, 0) is 5.41 Å². The van der Waals surface area contributed by atoms with E-state index < -0.39 is 6.17 Å². The van der Waals surface area contributed by atoms with E-state index in [1.807, 2.05) is 72.9 Å². The molecule has 5 heteroatoms. The fourth-order valence-electron chi connectivity index (χ4n) is 7.57. The summed E-state index contributed by atoms with van der Waals surface area (Å²) in [6, 6.07) is 48.9. The smallest absolute Gasteiger partial charge is 0.150 e. The Bertz CT molecular complexity index is 2500. The van der Waals surface area contributed by atoms with Crippen LogP contribution in [0.25, 0.3) is 38.9 Å². The van der Waals surface area contributed by atoms with Gasteiger partial charge in [0.15, 0.2) is 6.17 Å². The van der Waals surface area contributed by atoms with Crippen molar-refractivity contribution in [2.24, 2.45) is 0 Å². The molecule has 0 amide bonds. The van der Waals surface area contributed by atoms with Crippen molar-refractivity contribution in [3.05, 3.63) is 180 Å². The normalized spacial score (nSPS) is 14.1. The molecular formula is C44H33FN4. The molecule has 1 atom stereocenters. The number of hydrogen-bond acceptors (Lipinski definition) is 3. The Labute approximate surface area is 284 Å². The lowest BCUT2D eigenvalue weighted by Gasteiger charge is -2.42. The van der Waals surface area contributed by atoms with Gasteiger partial charge in [-0.2, -0.15) is 0 Å². The van der Waals surface area contributed by atoms with Crippen LogP contribution in [0.4, 0.5) is 21.5 Å². The topological polar surface area (TPSA) is 34.0 Å². The Hall–Kier alpha value is -6.07. The largest absolute Gasteiger partial charge is 0.309 e. The summed E-state index contributed by atoms with van der Waals surface area (Å²) in [5, 5.41) is 2.17. The quantitative estimate of drug-likeness (QED) is 0.188. The fraction of sp³-hybridized carbons (Fsp3) is 0.0909. The Balaban J connectivity index is 1.25. The summed E-state index contributed by atoms with van der Waals surface area (Å²) in [5.74, 6) is 0. The maximum atomic E-state index is 16.5. The summed E-state index contributed by atoms with van der Waals surface area (Å²) >= 11 is 0. The Morgan fingerprint density at radius 2 is 1.35 bits per heavy atom. The zero-order chi connectivity index (χ0) is 33.1. The van der Waals surface area contributed by atoms with E-state index in [1.165, 1.54) is 5.56 Å². The van der Waals surface area contributed by atoms with Crippen LogP contribution >= 0.6 is 0 Å². The van der Waals surface area contributed by atoms with Crippen LogP contribution in [0.5, 0.6) is 0 Å². The van der Waals surface area contributed by atoms with Gasteiger partial charge in [-0.3, -0.25) is 9.55 Å². The summed E-state index contributed by atoms with van der Waals surface area (Å²) in [7, 11) is 0. The third kappa shape index (κ3) is 4.57. The van der Waals surface area contributed by atoms with Crippen molar-refractivity contribution in [1.29, 1.82) is 0 Å². The number of benzene rings is 5. The second-order valence-corrected chi connectivity index (χ2v) is 13.2. The van der Waals surface area contributed by atoms with Gasteiger partial charge < -0.3 is 4.90 Å². The lowest BCUT2D eigenvalue weighted by Crippen LogP contribution is -2.31. The molecule has 9 rings (SSSR count). The molecule has 0 fully saturated rings. The average molecular weight is 637 g/mol. The van der Waals surface area contributed by atoms with Crippen LogP contribution in [0, 0.1) is 0 Å². The minimum atomic E-state index is -1.32. The van der Waals surface area contributed by atoms with Gasteiger partial charge in [-0.25, -0.2) is 9.37 Å². The first-order chi connectivity index (χ1) is 24.0. The number of rotatable bonds is 5. The van der Waals surface area contributed by atoms with Crippen molar-refractivity contribution in [3.63, 3.8) is 0 Å². The van der Waals surface area contributed by atoms with E-state index >= 15 is 4.39 Å². The zero-order valence-corrected chi connectivity index (χ0v) is 27.3. The van der Waals surface area contributed by atoms with Crippen molar-refractivity contribution >= 4 is 39.0 Å². The van der Waals surface area contributed by atoms with Crippen molar-refractivity contribution < 1.29 is 4.39 Å². The second kappa shape index (κ2) is 11.3. The van der Waals surface area contributed by atoms with E-state index in [4.69, 9.17) is 4.98 Å². The number of nitrogens with zero attached hydrogens (tertiary/aromatic N) is 4. The zero-order valence-electron chi connectivity index (χ0n) is 27.3. The van der Waals surface area contributed by atoms with E-state index in [2.05, 4.69) is 107 Å². The van der Waals surface area contributed by atoms with E-state index in [-0.39, 0.29) is 5.41 Å². The second-order valence-electron chi connectivity index (χ2n) is 13.2. The minimum Gasteiger partial charge on any atom is -0.309 e. The van der Waals surface area contributed by atoms with Gasteiger partial charge >= 0.3 is 0 Å². The number of alkyl halides is 1. The van der Waals surface area contributed by atoms with Gasteiger partial charge in [-0.1, -0.05) is 105 Å². The standard InChI is InChI=1S/C44H33FN4/c1-44(2)35-21-7-9-24-39(35)48(32-17-4-3-5-18-32)42-36(44)28-47-43-40(42)34-20-6-8-23-38(34)49(43)33-19-13-16-31(27-33)41(45)30-15-12-14-29(26-30)37-22-10-11-25-46-37/h3-28,41H,1-2H3. The van der Waals surface area contributed by atoms with Crippen LogP contribution in [0.15, 0.2) is 158 Å². The molecule has 8 aromatic rings. The summed E-state index contributed by atoms with van der Waals surface area (Å²) in [5.41, 5.74) is 11.1. The number of hydrogen-bond donors (Lipinski definition) is 0. The van der Waals surface area contributed by atoms with Crippen molar-refractivity contribution in [2.45, 2.75) is 25.4 Å². The summed E-state index contributed by atoms with van der Waals surface area (Å²) < 4.78 is 18.6. The third-order valence-electron chi connectivity index (χ3n) is 9.95. The number of para-hydroxylation sites is 3. The fourth-order valence-corrected chi connectivity index (χ4v) is 7.57. The number of aromatic nitrogens is 3. The van der Waals surface area contributed by atoms with Gasteiger partial charge in [0.2, 0.25) is 0 Å². The van der Waals surface area contributed by atoms with Gasteiger partial charge in [0, 0.05) is 45.7 Å². The average Bonchev–Trinajstić information content (AvgIpc) is 3.50. The molecule has 1 aliphatic heterocycles. The molecule has 4 nitrogen and oxygen atoms in total. The predicted molar refractivity (Wildman–Crippen MR) is 198 cm³/mol. The van der Waals surface area contributed by atoms with Crippen LogP contribution < -0.4 is 4.90 Å². The van der Waals surface area contributed by atoms with Crippen molar-refractivity contribution in [1.82, 2.24) is 14.5 Å². The van der Waals surface area contributed by atoms with Crippen LogP contribution in [0.2, 0.25) is 0 Å². The van der Waals surface area contributed by atoms with Crippen LogP contribution in [0.3, 0.4) is 0 Å². The first-order valence-electron chi connectivity index (χ1n) is 16.6. The molecule has 0 aliphatic carbocycles. The first kappa shape index (κ1) is 29.1. The minimum absolute atomic E-state index is 0.285. The van der Waals surface area contributed by atoms with Gasteiger partial charge in [-0.15, -0.1) is 0 Å². The highest BCUT2D eigenvalue weighted by Crippen LogP contribution is 2.55. The molecule has 0 saturated heterocycles. The van der Waals surface area contributed by atoms with Gasteiger partial charge in [0.25, 0.3) is 0 Å². The Morgan fingerprint density at radius 1 is 0.633 bits per heavy atom. The molecule has 0 bridgehead atoms. The van der Waals surface area contributed by atoms with Gasteiger partial charge in [0.05, 0.1) is 28.0 Å². The molecular weight excluding hydrogens is 604 g/mol. The molecule has 5 aromatic carbocycles. The predicted octanol–water partition coefficient (Wildman–Crippen LogP) is 11.4. The number of anilines is 3. The molecule has 0 saturated carbocycles. The Morgan fingerprint density at radius 3 is 2.18 bits per heavy atom. The van der Waals surface area contributed by atoms with Crippen molar-refractivity contribution in [2.75, 3.05) is 4.90 Å². The third-order valence-corrected chi connectivity index (χ3v) is 9.95. The van der Waals surface area contributed by atoms with Crippen LogP contribution in [-0.4, -0.2) is 14.5 Å². The molecule has 0 spiro atoms. The van der Waals surface area contributed by atoms with E-state index in [0.29, 0.717) is 11.1 Å². The number of pyridine rings is 2. The van der Waals surface area contributed by atoms with Gasteiger partial charge in [0.1, 0.15) is 5.65 Å². The molecule has 0 N–H and O–H groups in total. The summed E-state index contributed by atoms with van der Waals surface area (Å²) in [6.07, 6.45) is 2.49. The highest BCUT2D eigenvalue weighted by molar-refractivity contribution is 6.17.